The van der Waals surface area contributed by atoms with Gasteiger partial charge >= 0.3 is 5.97 Å². The average Bonchev–Trinajstić information content (AvgIpc) is 3.30. The van der Waals surface area contributed by atoms with Crippen molar-refractivity contribution in [1.29, 1.82) is 0 Å². The smallest absolute Gasteiger partial charge is 0.335 e. The number of rotatable bonds is 6. The van der Waals surface area contributed by atoms with Crippen LogP contribution in [-0.4, -0.2) is 40.5 Å². The third kappa shape index (κ3) is 4.17. The number of likely N-dealkylation sites (tertiary alicyclic amines) is 1. The zero-order chi connectivity index (χ0) is 24.0. The average molecular weight is 469 g/mol. The summed E-state index contributed by atoms with van der Waals surface area (Å²) in [4.78, 5) is 17.1. The number of H-pyrrole nitrogens is 1. The van der Waals surface area contributed by atoms with E-state index in [0.29, 0.717) is 6.54 Å². The molecule has 1 saturated heterocycles. The highest BCUT2D eigenvalue weighted by Gasteiger charge is 2.49. The van der Waals surface area contributed by atoms with Gasteiger partial charge in [0.1, 0.15) is 5.75 Å². The summed E-state index contributed by atoms with van der Waals surface area (Å²) >= 11 is 0. The lowest BCUT2D eigenvalue weighted by Gasteiger charge is -2.47. The van der Waals surface area contributed by atoms with Gasteiger partial charge in [-0.2, -0.15) is 0 Å². The Kier molecular flexibility index (Phi) is 5.84. The number of halogens is 2. The van der Waals surface area contributed by atoms with Crippen LogP contribution in [0.1, 0.15) is 58.8 Å². The Morgan fingerprint density at radius 1 is 1.21 bits per heavy atom. The third-order valence-corrected chi connectivity index (χ3v) is 7.78. The number of hydrogen-bond acceptors (Lipinski definition) is 3. The molecule has 1 aromatic heterocycles. The number of aromatic carboxylic acids is 1. The molecular formula is C27H30F2N2O3. The van der Waals surface area contributed by atoms with Gasteiger partial charge in [0.15, 0.2) is 0 Å². The second-order valence-electron chi connectivity index (χ2n) is 9.86. The number of aromatic nitrogens is 1. The van der Waals surface area contributed by atoms with Crippen molar-refractivity contribution in [3.8, 4) is 5.75 Å². The van der Waals surface area contributed by atoms with Gasteiger partial charge in [0.2, 0.25) is 5.92 Å². The van der Waals surface area contributed by atoms with Crippen molar-refractivity contribution in [2.24, 2.45) is 11.8 Å². The number of alkyl halides is 2. The van der Waals surface area contributed by atoms with Crippen LogP contribution in [0.3, 0.4) is 0 Å². The molecular weight excluding hydrogens is 438 g/mol. The fourth-order valence-electron chi connectivity index (χ4n) is 5.88. The van der Waals surface area contributed by atoms with Crippen molar-refractivity contribution in [3.63, 3.8) is 0 Å². The molecule has 5 nitrogen and oxygen atoms in total. The molecule has 0 bridgehead atoms. The normalized spacial score (nSPS) is 23.1. The molecule has 2 fully saturated rings. The molecule has 0 unspecified atom stereocenters. The molecule has 2 heterocycles. The van der Waals surface area contributed by atoms with E-state index in [2.05, 4.69) is 22.9 Å². The topological polar surface area (TPSA) is 65.6 Å². The highest BCUT2D eigenvalue weighted by Crippen LogP contribution is 2.51. The predicted molar refractivity (Wildman–Crippen MR) is 127 cm³/mol. The fourth-order valence-corrected chi connectivity index (χ4v) is 5.88. The van der Waals surface area contributed by atoms with Crippen molar-refractivity contribution in [2.45, 2.75) is 51.1 Å². The standard InChI is InChI=1S/C27H30F2N2O3/c1-16-11-24(34-2)22(21-7-9-30-25(16)21)15-31-10-8-19(20-13-27(28,29)14-20)12-23(31)17-3-5-18(6-4-17)26(32)33/h3-7,9,11,19-20,23,30H,8,10,12-15H2,1-2H3,(H,32,33)/t19-,23+/m0/s1. The number of carboxylic acids is 1. The van der Waals surface area contributed by atoms with Gasteiger partial charge in [-0.05, 0) is 73.5 Å². The van der Waals surface area contributed by atoms with Crippen LogP contribution < -0.4 is 4.74 Å². The first-order valence-corrected chi connectivity index (χ1v) is 11.8. The Morgan fingerprint density at radius 3 is 2.59 bits per heavy atom. The van der Waals surface area contributed by atoms with Crippen LogP contribution in [-0.2, 0) is 6.54 Å². The highest BCUT2D eigenvalue weighted by molar-refractivity contribution is 5.88. The maximum Gasteiger partial charge on any atom is 0.335 e. The molecule has 1 aliphatic carbocycles. The number of benzene rings is 2. The van der Waals surface area contributed by atoms with Crippen LogP contribution >= 0.6 is 0 Å². The maximum absolute atomic E-state index is 13.6. The van der Waals surface area contributed by atoms with Crippen molar-refractivity contribution >= 4 is 16.9 Å². The van der Waals surface area contributed by atoms with Crippen molar-refractivity contribution in [2.75, 3.05) is 13.7 Å². The molecule has 2 atom stereocenters. The summed E-state index contributed by atoms with van der Waals surface area (Å²) in [5, 5.41) is 10.4. The number of nitrogens with one attached hydrogen (secondary N) is 1. The number of piperidine rings is 1. The van der Waals surface area contributed by atoms with Gasteiger partial charge < -0.3 is 14.8 Å². The summed E-state index contributed by atoms with van der Waals surface area (Å²) in [6.07, 6.45) is 3.58. The first-order chi connectivity index (χ1) is 16.3. The SMILES string of the molecule is COc1cc(C)c2[nH]ccc2c1CN1CC[C@H](C2CC(F)(F)C2)C[C@@H]1c1ccc(C(=O)O)cc1. The largest absolute Gasteiger partial charge is 0.496 e. The molecule has 1 aliphatic heterocycles. The quantitative estimate of drug-likeness (QED) is 0.453. The number of fused-ring (bicyclic) bond motifs is 1. The number of ether oxygens (including phenoxy) is 1. The summed E-state index contributed by atoms with van der Waals surface area (Å²) in [5.74, 6) is -2.34. The molecule has 1 saturated carbocycles. The van der Waals surface area contributed by atoms with Gasteiger partial charge in [-0.15, -0.1) is 0 Å². The van der Waals surface area contributed by atoms with E-state index in [1.807, 2.05) is 24.4 Å². The highest BCUT2D eigenvalue weighted by atomic mass is 19.3. The number of methoxy groups -OCH3 is 1. The first kappa shape index (κ1) is 22.8. The molecule has 0 spiro atoms. The third-order valence-electron chi connectivity index (χ3n) is 7.78. The van der Waals surface area contributed by atoms with Gasteiger partial charge in [0.05, 0.1) is 12.7 Å². The van der Waals surface area contributed by atoms with Crippen LogP contribution in [0, 0.1) is 18.8 Å². The number of hydrogen-bond donors (Lipinski definition) is 2. The van der Waals surface area contributed by atoms with E-state index in [1.54, 1.807) is 19.2 Å². The van der Waals surface area contributed by atoms with Crippen molar-refractivity contribution in [3.05, 3.63) is 64.8 Å². The van der Waals surface area contributed by atoms with Gasteiger partial charge in [0, 0.05) is 48.1 Å². The minimum atomic E-state index is -2.52. The number of aromatic amines is 1. The molecule has 7 heteroatoms. The van der Waals surface area contributed by atoms with E-state index in [-0.39, 0.29) is 36.3 Å². The molecule has 2 N–H and O–H groups in total. The van der Waals surface area contributed by atoms with E-state index in [4.69, 9.17) is 4.74 Å². The Labute approximate surface area is 197 Å². The Hall–Kier alpha value is -2.93. The maximum atomic E-state index is 13.6. The second-order valence-corrected chi connectivity index (χ2v) is 9.86. The van der Waals surface area contributed by atoms with Gasteiger partial charge in [-0.1, -0.05) is 12.1 Å². The minimum Gasteiger partial charge on any atom is -0.496 e. The van der Waals surface area contributed by atoms with Gasteiger partial charge in [-0.3, -0.25) is 4.90 Å². The number of nitrogens with zero attached hydrogens (tertiary/aromatic N) is 1. The molecule has 2 aromatic carbocycles. The summed E-state index contributed by atoms with van der Waals surface area (Å²) in [6.45, 7) is 3.51. The van der Waals surface area contributed by atoms with E-state index in [9.17, 15) is 18.7 Å². The van der Waals surface area contributed by atoms with Crippen molar-refractivity contribution < 1.29 is 23.4 Å². The summed E-state index contributed by atoms with van der Waals surface area (Å²) in [5.41, 5.74) is 4.58. The Bertz CT molecular complexity index is 1200. The number of carboxylic acid groups (broad SMARTS) is 1. The summed E-state index contributed by atoms with van der Waals surface area (Å²) in [6, 6.07) is 11.2. The van der Waals surface area contributed by atoms with Gasteiger partial charge in [0.25, 0.3) is 0 Å². The molecule has 2 aliphatic rings. The predicted octanol–water partition coefficient (Wildman–Crippen LogP) is 6.18. The van der Waals surface area contributed by atoms with Crippen LogP contribution in [0.15, 0.2) is 42.6 Å². The molecule has 0 radical (unpaired) electrons. The lowest BCUT2D eigenvalue weighted by atomic mass is 9.68. The fraction of sp³-hybridized carbons (Fsp3) is 0.444. The lowest BCUT2D eigenvalue weighted by Crippen LogP contribution is -2.45. The zero-order valence-corrected chi connectivity index (χ0v) is 19.5. The molecule has 180 valence electrons. The van der Waals surface area contributed by atoms with Crippen LogP contribution in [0.4, 0.5) is 8.78 Å². The number of carbonyl (C=O) groups is 1. The van der Waals surface area contributed by atoms with E-state index < -0.39 is 11.9 Å². The van der Waals surface area contributed by atoms with E-state index in [1.165, 1.54) is 0 Å². The summed E-state index contributed by atoms with van der Waals surface area (Å²) < 4.78 is 32.9. The van der Waals surface area contributed by atoms with E-state index >= 15 is 0 Å². The van der Waals surface area contributed by atoms with E-state index in [0.717, 1.165) is 52.7 Å². The number of aryl methyl sites for hydroxylation is 1. The molecule has 3 aromatic rings. The minimum absolute atomic E-state index is 0.0158. The monoisotopic (exact) mass is 468 g/mol. The zero-order valence-electron chi connectivity index (χ0n) is 19.5. The van der Waals surface area contributed by atoms with Crippen LogP contribution in [0.25, 0.3) is 10.9 Å². The lowest BCUT2D eigenvalue weighted by molar-refractivity contribution is -0.134. The van der Waals surface area contributed by atoms with Crippen LogP contribution in [0.5, 0.6) is 5.75 Å². The van der Waals surface area contributed by atoms with Gasteiger partial charge in [-0.25, -0.2) is 13.6 Å². The first-order valence-electron chi connectivity index (χ1n) is 11.8. The Morgan fingerprint density at radius 2 is 1.94 bits per heavy atom. The molecule has 5 rings (SSSR count). The Balaban J connectivity index is 1.47. The van der Waals surface area contributed by atoms with Crippen molar-refractivity contribution in [1.82, 2.24) is 9.88 Å². The molecule has 0 amide bonds. The van der Waals surface area contributed by atoms with Crippen LogP contribution in [0.2, 0.25) is 0 Å². The molecule has 34 heavy (non-hydrogen) atoms. The summed E-state index contributed by atoms with van der Waals surface area (Å²) in [7, 11) is 1.68. The second kappa shape index (κ2) is 8.69.